The van der Waals surface area contributed by atoms with Crippen LogP contribution in [0.1, 0.15) is 0 Å². The van der Waals surface area contributed by atoms with Crippen molar-refractivity contribution >= 4 is 103 Å². The summed E-state index contributed by atoms with van der Waals surface area (Å²) >= 11 is 14.6. The van der Waals surface area contributed by atoms with Crippen molar-refractivity contribution in [3.8, 4) is 0 Å². The minimum absolute atomic E-state index is 0.962. The lowest BCUT2D eigenvalue weighted by molar-refractivity contribution is 1.70. The van der Waals surface area contributed by atoms with E-state index in [0.29, 0.717) is 0 Å². The minimum atomic E-state index is 0.962. The highest BCUT2D eigenvalue weighted by Gasteiger charge is 2.10. The first kappa shape index (κ1) is 16.8. The van der Waals surface area contributed by atoms with Gasteiger partial charge in [-0.05, 0) is 108 Å². The van der Waals surface area contributed by atoms with Crippen molar-refractivity contribution in [2.75, 3.05) is 0 Å². The van der Waals surface area contributed by atoms with E-state index in [1.165, 1.54) is 42.8 Å². The number of fused-ring (bicyclic) bond motifs is 3. The fraction of sp³-hybridized carbons (Fsp3) is 0. The van der Waals surface area contributed by atoms with Crippen LogP contribution in [0.3, 0.4) is 0 Å². The van der Waals surface area contributed by atoms with Crippen LogP contribution in [0.4, 0.5) is 0 Å². The summed E-state index contributed by atoms with van der Waals surface area (Å²) in [5.74, 6) is 0. The van der Waals surface area contributed by atoms with Crippen LogP contribution in [0.5, 0.6) is 0 Å². The SMILES string of the molecule is BrC(Br)=c1c2ccccc2c(=C(Br)Br)c2cc3ccccc3cc12. The lowest BCUT2D eigenvalue weighted by Gasteiger charge is -2.10. The van der Waals surface area contributed by atoms with Crippen molar-refractivity contribution in [2.24, 2.45) is 0 Å². The van der Waals surface area contributed by atoms with Gasteiger partial charge in [0, 0.05) is 10.4 Å². The highest BCUT2D eigenvalue weighted by molar-refractivity contribution is 9.34. The van der Waals surface area contributed by atoms with Crippen LogP contribution in [-0.4, -0.2) is 0 Å². The zero-order chi connectivity index (χ0) is 16.8. The van der Waals surface area contributed by atoms with Gasteiger partial charge in [0.25, 0.3) is 0 Å². The molecule has 0 atom stereocenters. The van der Waals surface area contributed by atoms with Crippen LogP contribution in [0.2, 0.25) is 0 Å². The van der Waals surface area contributed by atoms with E-state index in [0.717, 1.165) is 6.78 Å². The molecule has 4 heteroatoms. The molecule has 0 saturated heterocycles. The van der Waals surface area contributed by atoms with Crippen molar-refractivity contribution < 1.29 is 0 Å². The molecule has 0 saturated carbocycles. The fourth-order valence-electron chi connectivity index (χ4n) is 3.27. The molecule has 0 aliphatic carbocycles. The van der Waals surface area contributed by atoms with Crippen LogP contribution in [-0.2, 0) is 0 Å². The zero-order valence-electron chi connectivity index (χ0n) is 12.3. The van der Waals surface area contributed by atoms with Crippen LogP contribution in [0.15, 0.2) is 60.7 Å². The number of halogens is 4. The summed E-state index contributed by atoms with van der Waals surface area (Å²) in [7, 11) is 0. The van der Waals surface area contributed by atoms with E-state index in [-0.39, 0.29) is 0 Å². The minimum Gasteiger partial charge on any atom is -0.0616 e. The summed E-state index contributed by atoms with van der Waals surface area (Å²) in [5, 5.41) is 9.66. The Kier molecular flexibility index (Phi) is 4.59. The number of hydrogen-bond donors (Lipinski definition) is 0. The quantitative estimate of drug-likeness (QED) is 0.203. The summed E-state index contributed by atoms with van der Waals surface area (Å²) in [6.07, 6.45) is 0. The molecular weight excluding hydrogens is 560 g/mol. The molecule has 0 amide bonds. The van der Waals surface area contributed by atoms with Crippen molar-refractivity contribution in [1.29, 1.82) is 0 Å². The Morgan fingerprint density at radius 2 is 0.875 bits per heavy atom. The monoisotopic (exact) mass is 566 g/mol. The molecule has 0 fully saturated rings. The van der Waals surface area contributed by atoms with Gasteiger partial charge >= 0.3 is 0 Å². The van der Waals surface area contributed by atoms with Gasteiger partial charge in [-0.3, -0.25) is 0 Å². The molecule has 0 bridgehead atoms. The lowest BCUT2D eigenvalue weighted by atomic mass is 9.96. The van der Waals surface area contributed by atoms with Gasteiger partial charge in [0.2, 0.25) is 0 Å². The summed E-state index contributed by atoms with van der Waals surface area (Å²) in [6.45, 7) is 0. The Morgan fingerprint density at radius 1 is 0.500 bits per heavy atom. The van der Waals surface area contributed by atoms with Crippen LogP contribution in [0, 0.1) is 0 Å². The predicted molar refractivity (Wildman–Crippen MR) is 121 cm³/mol. The van der Waals surface area contributed by atoms with Crippen molar-refractivity contribution in [1.82, 2.24) is 0 Å². The first-order chi connectivity index (χ1) is 11.6. The standard InChI is InChI=1S/C20H10Br4/c21-19(22)17-13-7-3-4-8-14(13)18(20(23)24)16-10-12-6-2-1-5-11(12)9-15(16)17/h1-10H. The Balaban J connectivity index is 2.50. The molecule has 24 heavy (non-hydrogen) atoms. The van der Waals surface area contributed by atoms with E-state index in [4.69, 9.17) is 0 Å². The second kappa shape index (κ2) is 6.56. The summed E-state index contributed by atoms with van der Waals surface area (Å²) in [5.41, 5.74) is 0. The molecule has 0 heterocycles. The van der Waals surface area contributed by atoms with Gasteiger partial charge < -0.3 is 0 Å². The van der Waals surface area contributed by atoms with E-state index < -0.39 is 0 Å². The summed E-state index contributed by atoms with van der Waals surface area (Å²) in [4.78, 5) is 0. The van der Waals surface area contributed by atoms with Gasteiger partial charge in [-0.15, -0.1) is 0 Å². The highest BCUT2D eigenvalue weighted by atomic mass is 79.9. The summed E-state index contributed by atoms with van der Waals surface area (Å²) in [6, 6.07) is 21.5. The van der Waals surface area contributed by atoms with E-state index in [1.54, 1.807) is 0 Å². The average Bonchev–Trinajstić information content (AvgIpc) is 2.57. The molecule has 0 unspecified atom stereocenters. The van der Waals surface area contributed by atoms with Crippen molar-refractivity contribution in [3.63, 3.8) is 0 Å². The second-order valence-electron chi connectivity index (χ2n) is 5.56. The Hall–Kier alpha value is -0.680. The molecule has 4 aromatic rings. The van der Waals surface area contributed by atoms with Gasteiger partial charge in [0.05, 0.1) is 6.78 Å². The number of benzene rings is 4. The van der Waals surface area contributed by atoms with Crippen LogP contribution >= 0.6 is 63.7 Å². The Labute approximate surface area is 172 Å². The maximum absolute atomic E-state index is 3.65. The maximum Gasteiger partial charge on any atom is 0.0688 e. The molecular formula is C20H10Br4. The zero-order valence-corrected chi connectivity index (χ0v) is 18.6. The van der Waals surface area contributed by atoms with Crippen LogP contribution < -0.4 is 10.4 Å². The van der Waals surface area contributed by atoms with Gasteiger partial charge in [-0.1, -0.05) is 48.5 Å². The Bertz CT molecular complexity index is 1130. The van der Waals surface area contributed by atoms with E-state index >= 15 is 0 Å². The maximum atomic E-state index is 3.65. The van der Waals surface area contributed by atoms with Crippen molar-refractivity contribution in [2.45, 2.75) is 0 Å². The molecule has 0 aromatic heterocycles. The lowest BCUT2D eigenvalue weighted by Crippen LogP contribution is -2.15. The second-order valence-corrected chi connectivity index (χ2v) is 10.9. The first-order valence-corrected chi connectivity index (χ1v) is 10.5. The van der Waals surface area contributed by atoms with E-state index in [9.17, 15) is 0 Å². The van der Waals surface area contributed by atoms with Gasteiger partial charge in [-0.2, -0.15) is 0 Å². The van der Waals surface area contributed by atoms with Gasteiger partial charge in [0.15, 0.2) is 0 Å². The molecule has 0 N–H and O–H groups in total. The molecule has 4 rings (SSSR count). The third kappa shape index (κ3) is 2.68. The molecule has 0 aliphatic rings. The number of hydrogen-bond acceptors (Lipinski definition) is 0. The third-order valence-corrected chi connectivity index (χ3v) is 5.85. The van der Waals surface area contributed by atoms with E-state index in [1.807, 2.05) is 0 Å². The van der Waals surface area contributed by atoms with Crippen LogP contribution in [0.25, 0.3) is 39.1 Å². The predicted octanol–water partition coefficient (Wildman–Crippen LogP) is 6.86. The van der Waals surface area contributed by atoms with Gasteiger partial charge in [-0.25, -0.2) is 0 Å². The Morgan fingerprint density at radius 3 is 1.25 bits per heavy atom. The normalized spacial score (nSPS) is 11.3. The molecule has 118 valence electrons. The number of rotatable bonds is 0. The molecule has 4 aromatic carbocycles. The molecule has 0 nitrogen and oxygen atoms in total. The average molecular weight is 570 g/mol. The fourth-order valence-corrected chi connectivity index (χ4v) is 4.98. The largest absolute Gasteiger partial charge is 0.0688 e. The van der Waals surface area contributed by atoms with Crippen molar-refractivity contribution in [3.05, 3.63) is 71.1 Å². The first-order valence-electron chi connectivity index (χ1n) is 7.32. The molecule has 0 spiro atoms. The third-order valence-electron chi connectivity index (χ3n) is 4.27. The van der Waals surface area contributed by atoms with E-state index in [2.05, 4.69) is 124 Å². The topological polar surface area (TPSA) is 0 Å². The smallest absolute Gasteiger partial charge is 0.0616 e. The van der Waals surface area contributed by atoms with Gasteiger partial charge in [0.1, 0.15) is 0 Å². The molecule has 0 aliphatic heterocycles. The summed E-state index contributed by atoms with van der Waals surface area (Å²) < 4.78 is 1.92. The molecule has 0 radical (unpaired) electrons. The highest BCUT2D eigenvalue weighted by Crippen LogP contribution is 2.26.